The van der Waals surface area contributed by atoms with E-state index in [2.05, 4.69) is 60.0 Å². The quantitative estimate of drug-likeness (QED) is 0.581. The van der Waals surface area contributed by atoms with Gasteiger partial charge in [0.1, 0.15) is 12.2 Å². The van der Waals surface area contributed by atoms with Crippen molar-refractivity contribution in [2.45, 2.75) is 9.79 Å². The van der Waals surface area contributed by atoms with Crippen LogP contribution < -0.4 is 21.7 Å². The number of nitrogens with two attached hydrogens (primary N) is 2. The Labute approximate surface area is 154 Å². The van der Waals surface area contributed by atoms with Crippen LogP contribution in [0.2, 0.25) is 0 Å². The smallest absolute Gasteiger partial charge is 0.530 e. The van der Waals surface area contributed by atoms with E-state index in [9.17, 15) is 0 Å². The number of hydrogen-bond acceptors (Lipinski definition) is 6. The Hall–Kier alpha value is -1.70. The molecule has 6 nitrogen and oxygen atoms in total. The van der Waals surface area contributed by atoms with Crippen molar-refractivity contribution in [2.24, 2.45) is 11.5 Å². The number of hydrogen-bond donors (Lipinski definition) is 2. The molecule has 0 aliphatic heterocycles. The first-order valence-corrected chi connectivity index (χ1v) is 7.94. The molecule has 9 heteroatoms. The third-order valence-corrected chi connectivity index (χ3v) is 4.14. The van der Waals surface area contributed by atoms with E-state index in [-0.39, 0.29) is 19.5 Å². The second-order valence-corrected chi connectivity index (χ2v) is 5.71. The first kappa shape index (κ1) is 23.6. The second-order valence-electron chi connectivity index (χ2n) is 3.43. The molecule has 0 unspecified atom stereocenters. The average molecular weight is 404 g/mol. The summed E-state index contributed by atoms with van der Waals surface area (Å²) in [7, 11) is 3.58. The van der Waals surface area contributed by atoms with Gasteiger partial charge in [-0.15, -0.1) is 0 Å². The van der Waals surface area contributed by atoms with Crippen LogP contribution in [0.1, 0.15) is 0 Å². The minimum Gasteiger partial charge on any atom is -0.530 e. The van der Waals surface area contributed by atoms with Gasteiger partial charge < -0.3 is 31.3 Å². The van der Waals surface area contributed by atoms with Gasteiger partial charge in [-0.2, -0.15) is 0 Å². The minimum atomic E-state index is -1.58. The van der Waals surface area contributed by atoms with Crippen LogP contribution >= 0.6 is 21.6 Å². The van der Waals surface area contributed by atoms with Crippen molar-refractivity contribution in [1.82, 2.24) is 0 Å². The summed E-state index contributed by atoms with van der Waals surface area (Å²) in [5.41, 5.74) is 7.83. The molecule has 2 rings (SSSR count). The van der Waals surface area contributed by atoms with Gasteiger partial charge in [0.05, 0.1) is 0 Å². The number of primary amides is 2. The van der Waals surface area contributed by atoms with Crippen molar-refractivity contribution < 1.29 is 39.3 Å². The molecule has 2 amide bonds. The van der Waals surface area contributed by atoms with E-state index in [1.807, 2.05) is 12.1 Å². The summed E-state index contributed by atoms with van der Waals surface area (Å²) in [6, 6.07) is 20.8. The summed E-state index contributed by atoms with van der Waals surface area (Å²) in [6.45, 7) is 0. The summed E-state index contributed by atoms with van der Waals surface area (Å²) in [5, 5.41) is 17.3. The van der Waals surface area contributed by atoms with Gasteiger partial charge in [0.25, 0.3) is 0 Å². The van der Waals surface area contributed by atoms with Crippen LogP contribution in [-0.4, -0.2) is 12.2 Å². The number of benzene rings is 2. The zero-order chi connectivity index (χ0) is 16.8. The maximum atomic E-state index is 8.67. The molecule has 23 heavy (non-hydrogen) atoms. The summed E-state index contributed by atoms with van der Waals surface area (Å²) < 4.78 is 0. The molecular weight excluding hydrogens is 390 g/mol. The van der Waals surface area contributed by atoms with Gasteiger partial charge in [0.15, 0.2) is 0 Å². The van der Waals surface area contributed by atoms with Crippen LogP contribution in [-0.2, 0) is 19.5 Å². The molecule has 0 aliphatic rings. The number of carbonyl (C=O) groups is 2. The van der Waals surface area contributed by atoms with E-state index in [1.165, 1.54) is 9.79 Å². The molecule has 0 spiro atoms. The third-order valence-electron chi connectivity index (χ3n) is 1.72. The van der Waals surface area contributed by atoms with Gasteiger partial charge >= 0.3 is 19.5 Å². The van der Waals surface area contributed by atoms with E-state index < -0.39 is 12.2 Å². The molecular formula is C14H14N2O4S2Zn. The Morgan fingerprint density at radius 2 is 0.913 bits per heavy atom. The Balaban J connectivity index is 0. The molecule has 0 fully saturated rings. The molecule has 2 aromatic rings. The maximum Gasteiger partial charge on any atom is 2.00 e. The van der Waals surface area contributed by atoms with Crippen LogP contribution in [0.3, 0.4) is 0 Å². The topological polar surface area (TPSA) is 132 Å². The third kappa shape index (κ3) is 18.3. The van der Waals surface area contributed by atoms with Crippen LogP contribution in [0.15, 0.2) is 70.5 Å². The van der Waals surface area contributed by atoms with Crippen LogP contribution in [0.5, 0.6) is 0 Å². The molecule has 0 heterocycles. The fourth-order valence-corrected chi connectivity index (χ4v) is 3.02. The van der Waals surface area contributed by atoms with Gasteiger partial charge in [-0.1, -0.05) is 58.0 Å². The van der Waals surface area contributed by atoms with E-state index in [0.29, 0.717) is 0 Å². The second kappa shape index (κ2) is 15.2. The van der Waals surface area contributed by atoms with Crippen molar-refractivity contribution in [3.8, 4) is 0 Å². The number of carboxylic acid groups (broad SMARTS) is 2. The minimum absolute atomic E-state index is 0. The van der Waals surface area contributed by atoms with Crippen LogP contribution in [0, 0.1) is 0 Å². The van der Waals surface area contributed by atoms with Gasteiger partial charge in [0, 0.05) is 9.79 Å². The number of amides is 2. The fourth-order valence-electron chi connectivity index (χ4n) is 1.05. The summed E-state index contributed by atoms with van der Waals surface area (Å²) >= 11 is 0. The zero-order valence-electron chi connectivity index (χ0n) is 12.1. The van der Waals surface area contributed by atoms with Crippen LogP contribution in [0.4, 0.5) is 9.59 Å². The van der Waals surface area contributed by atoms with E-state index in [4.69, 9.17) is 19.8 Å². The van der Waals surface area contributed by atoms with Gasteiger partial charge in [0.2, 0.25) is 0 Å². The molecule has 0 saturated heterocycles. The van der Waals surface area contributed by atoms with Crippen molar-refractivity contribution in [1.29, 1.82) is 0 Å². The molecule has 118 valence electrons. The molecule has 0 atom stereocenters. The van der Waals surface area contributed by atoms with Crippen molar-refractivity contribution in [3.63, 3.8) is 0 Å². The molecule has 4 N–H and O–H groups in total. The molecule has 0 aromatic heterocycles. The SMILES string of the molecule is NC(=O)[O-].NC(=O)[O-].[Zn+2].c1ccc(SSc2ccccc2)cc1. The molecule has 0 radical (unpaired) electrons. The zero-order valence-corrected chi connectivity index (χ0v) is 16.7. The van der Waals surface area contributed by atoms with Crippen LogP contribution in [0.25, 0.3) is 0 Å². The van der Waals surface area contributed by atoms with Gasteiger partial charge in [-0.3, -0.25) is 0 Å². The van der Waals surface area contributed by atoms with Crippen molar-refractivity contribution >= 4 is 33.8 Å². The Bertz CT molecular complexity index is 500. The van der Waals surface area contributed by atoms with E-state index in [1.54, 1.807) is 21.6 Å². The molecule has 0 aliphatic carbocycles. The Kier molecular flexibility index (Phi) is 15.6. The van der Waals surface area contributed by atoms with Crippen molar-refractivity contribution in [2.75, 3.05) is 0 Å². The average Bonchev–Trinajstić information content (AvgIpc) is 2.46. The predicted octanol–water partition coefficient (Wildman–Crippen LogP) is 1.06. The summed E-state index contributed by atoms with van der Waals surface area (Å²) in [6.07, 6.45) is -3.17. The predicted molar refractivity (Wildman–Crippen MR) is 83.8 cm³/mol. The summed E-state index contributed by atoms with van der Waals surface area (Å²) in [5.74, 6) is 0. The van der Waals surface area contributed by atoms with E-state index in [0.717, 1.165) is 0 Å². The fraction of sp³-hybridized carbons (Fsp3) is 0. The van der Waals surface area contributed by atoms with Gasteiger partial charge in [-0.05, 0) is 24.3 Å². The molecule has 0 saturated carbocycles. The Morgan fingerprint density at radius 1 is 0.696 bits per heavy atom. The number of rotatable bonds is 3. The Morgan fingerprint density at radius 3 is 1.13 bits per heavy atom. The number of carbonyl (C=O) groups excluding carboxylic acids is 2. The van der Waals surface area contributed by atoms with Gasteiger partial charge in [-0.25, -0.2) is 0 Å². The first-order chi connectivity index (χ1) is 10.4. The van der Waals surface area contributed by atoms with Crippen molar-refractivity contribution in [3.05, 3.63) is 60.7 Å². The normalized spacial score (nSPS) is 8.17. The standard InChI is InChI=1S/C12H10S2.2CH3NO2.Zn/c1-3-7-11(8-4-1)13-14-12-9-5-2-6-10-12;2*2-1(3)4;/h1-10H;2*2H2,(H,3,4);/q;;;+2/p-2. The monoisotopic (exact) mass is 402 g/mol. The largest absolute Gasteiger partial charge is 2.00 e. The molecule has 2 aromatic carbocycles. The maximum absolute atomic E-state index is 8.67. The molecule has 0 bridgehead atoms. The van der Waals surface area contributed by atoms with E-state index >= 15 is 0 Å². The first-order valence-electron chi connectivity index (χ1n) is 5.79. The summed E-state index contributed by atoms with van der Waals surface area (Å²) in [4.78, 5) is 19.9.